The van der Waals surface area contributed by atoms with E-state index in [0.717, 1.165) is 67.2 Å². The number of aromatic nitrogens is 2. The molecule has 0 radical (unpaired) electrons. The van der Waals surface area contributed by atoms with E-state index >= 15 is 0 Å². The summed E-state index contributed by atoms with van der Waals surface area (Å²) in [5.74, 6) is 2.71. The van der Waals surface area contributed by atoms with E-state index in [-0.39, 0.29) is 6.03 Å². The highest BCUT2D eigenvalue weighted by atomic mass is 16.2. The average molecular weight is 435 g/mol. The van der Waals surface area contributed by atoms with Crippen molar-refractivity contribution in [3.63, 3.8) is 0 Å². The Morgan fingerprint density at radius 2 is 1.69 bits per heavy atom. The summed E-state index contributed by atoms with van der Waals surface area (Å²) in [6, 6.07) is 9.61. The molecule has 0 unspecified atom stereocenters. The van der Waals surface area contributed by atoms with Gasteiger partial charge >= 0.3 is 6.03 Å². The molecule has 3 aliphatic rings. The van der Waals surface area contributed by atoms with Gasteiger partial charge in [0, 0.05) is 50.4 Å². The van der Waals surface area contributed by atoms with Crippen molar-refractivity contribution in [2.75, 3.05) is 47.8 Å². The van der Waals surface area contributed by atoms with Crippen LogP contribution in [0, 0.1) is 5.92 Å². The molecule has 7 heteroatoms. The number of piperidine rings is 2. The molecule has 2 amide bonds. The molecular formula is C25H34N6O. The van der Waals surface area contributed by atoms with E-state index in [1.165, 1.54) is 32.1 Å². The van der Waals surface area contributed by atoms with Gasteiger partial charge in [-0.05, 0) is 50.2 Å². The van der Waals surface area contributed by atoms with Crippen molar-refractivity contribution in [1.29, 1.82) is 0 Å². The Labute approximate surface area is 190 Å². The number of nitrogens with one attached hydrogen (secondary N) is 1. The van der Waals surface area contributed by atoms with Gasteiger partial charge in [0.2, 0.25) is 5.95 Å². The van der Waals surface area contributed by atoms with E-state index in [1.54, 1.807) is 0 Å². The van der Waals surface area contributed by atoms with E-state index in [0.29, 0.717) is 13.1 Å². The van der Waals surface area contributed by atoms with E-state index in [1.807, 2.05) is 35.2 Å². The number of carbonyl (C=O) groups is 1. The largest absolute Gasteiger partial charge is 0.356 e. The lowest BCUT2D eigenvalue weighted by Crippen LogP contribution is -2.42. The predicted molar refractivity (Wildman–Crippen MR) is 128 cm³/mol. The van der Waals surface area contributed by atoms with Crippen molar-refractivity contribution in [1.82, 2.24) is 14.9 Å². The number of nitrogens with zero attached hydrogens (tertiary/aromatic N) is 5. The number of urea groups is 1. The summed E-state index contributed by atoms with van der Waals surface area (Å²) in [4.78, 5) is 29.8. The second-order valence-corrected chi connectivity index (χ2v) is 9.46. The summed E-state index contributed by atoms with van der Waals surface area (Å²) in [7, 11) is 0. The Balaban J connectivity index is 1.42. The van der Waals surface area contributed by atoms with Crippen LogP contribution in [0.5, 0.6) is 0 Å². The third-order valence-corrected chi connectivity index (χ3v) is 7.06. The minimum Gasteiger partial charge on any atom is -0.356 e. The number of fused-ring (bicyclic) bond motifs is 1. The van der Waals surface area contributed by atoms with Gasteiger partial charge in [-0.1, -0.05) is 25.1 Å². The van der Waals surface area contributed by atoms with Gasteiger partial charge in [0.15, 0.2) is 0 Å². The molecule has 3 aliphatic heterocycles. The second-order valence-electron chi connectivity index (χ2n) is 9.46. The molecule has 2 fully saturated rings. The summed E-state index contributed by atoms with van der Waals surface area (Å²) in [5.41, 5.74) is 3.08. The monoisotopic (exact) mass is 434 g/mol. The molecule has 0 atom stereocenters. The highest BCUT2D eigenvalue weighted by molar-refractivity contribution is 5.89. The minimum atomic E-state index is -0.0554. The van der Waals surface area contributed by atoms with Gasteiger partial charge in [0.05, 0.1) is 12.2 Å². The van der Waals surface area contributed by atoms with Crippen LogP contribution in [-0.2, 0) is 13.0 Å². The Morgan fingerprint density at radius 1 is 0.938 bits per heavy atom. The van der Waals surface area contributed by atoms with E-state index in [4.69, 9.17) is 9.97 Å². The zero-order valence-corrected chi connectivity index (χ0v) is 19.1. The van der Waals surface area contributed by atoms with Gasteiger partial charge < -0.3 is 20.0 Å². The first-order valence-corrected chi connectivity index (χ1v) is 12.2. The number of hydrogen-bond acceptors (Lipinski definition) is 5. The molecule has 4 heterocycles. The predicted octanol–water partition coefficient (Wildman–Crippen LogP) is 4.29. The van der Waals surface area contributed by atoms with Crippen molar-refractivity contribution in [2.24, 2.45) is 5.92 Å². The second kappa shape index (κ2) is 9.35. The smallest absolute Gasteiger partial charge is 0.322 e. The van der Waals surface area contributed by atoms with Gasteiger partial charge in [0.25, 0.3) is 0 Å². The fraction of sp³-hybridized carbons (Fsp3) is 0.560. The lowest BCUT2D eigenvalue weighted by molar-refractivity contribution is 0.206. The van der Waals surface area contributed by atoms with Crippen molar-refractivity contribution in [3.8, 4) is 0 Å². The van der Waals surface area contributed by atoms with Gasteiger partial charge in [0.1, 0.15) is 5.82 Å². The van der Waals surface area contributed by atoms with Crippen LogP contribution in [0.2, 0.25) is 0 Å². The molecule has 0 aliphatic carbocycles. The maximum Gasteiger partial charge on any atom is 0.322 e. The topological polar surface area (TPSA) is 64.6 Å². The normalized spacial score (nSPS) is 19.6. The van der Waals surface area contributed by atoms with Crippen LogP contribution in [0.1, 0.15) is 50.3 Å². The molecule has 1 N–H and O–H groups in total. The number of rotatable bonds is 3. The first kappa shape index (κ1) is 21.0. The van der Waals surface area contributed by atoms with Crippen LogP contribution in [-0.4, -0.2) is 53.6 Å². The third-order valence-electron chi connectivity index (χ3n) is 7.06. The highest BCUT2D eigenvalue weighted by Crippen LogP contribution is 2.32. The molecule has 0 spiro atoms. The number of anilines is 3. The Hall–Kier alpha value is -2.83. The quantitative estimate of drug-likeness (QED) is 0.781. The van der Waals surface area contributed by atoms with Crippen LogP contribution in [0.25, 0.3) is 0 Å². The van der Waals surface area contributed by atoms with E-state index in [2.05, 4.69) is 22.0 Å². The number of para-hydroxylation sites is 1. The minimum absolute atomic E-state index is 0.0554. The first-order chi connectivity index (χ1) is 15.7. The van der Waals surface area contributed by atoms with Crippen LogP contribution in [0.4, 0.5) is 22.2 Å². The molecular weight excluding hydrogens is 400 g/mol. The molecule has 2 saturated heterocycles. The van der Waals surface area contributed by atoms with E-state index < -0.39 is 0 Å². The van der Waals surface area contributed by atoms with Crippen LogP contribution in [0.3, 0.4) is 0 Å². The fourth-order valence-corrected chi connectivity index (χ4v) is 5.00. The molecule has 5 rings (SSSR count). The highest BCUT2D eigenvalue weighted by Gasteiger charge is 2.30. The molecule has 1 aromatic carbocycles. The van der Waals surface area contributed by atoms with Gasteiger partial charge in [-0.15, -0.1) is 0 Å². The standard InChI is InChI=1S/C25H34N6O/c1-19-10-15-29(16-11-19)23-21-18-31(25(32)26-20-8-4-2-5-9-20)17-12-22(21)27-24(28-23)30-13-6-3-7-14-30/h2,4-5,8-9,19H,3,6-7,10-18H2,1H3,(H,26,32). The maximum absolute atomic E-state index is 13.0. The summed E-state index contributed by atoms with van der Waals surface area (Å²) < 4.78 is 0. The zero-order chi connectivity index (χ0) is 21.9. The fourth-order valence-electron chi connectivity index (χ4n) is 5.00. The first-order valence-electron chi connectivity index (χ1n) is 12.2. The molecule has 170 valence electrons. The van der Waals surface area contributed by atoms with Crippen molar-refractivity contribution < 1.29 is 4.79 Å². The van der Waals surface area contributed by atoms with Gasteiger partial charge in [-0.25, -0.2) is 9.78 Å². The lowest BCUT2D eigenvalue weighted by Gasteiger charge is -2.37. The summed E-state index contributed by atoms with van der Waals surface area (Å²) >= 11 is 0. The molecule has 7 nitrogen and oxygen atoms in total. The maximum atomic E-state index is 13.0. The van der Waals surface area contributed by atoms with Gasteiger partial charge in [-0.2, -0.15) is 4.98 Å². The molecule has 32 heavy (non-hydrogen) atoms. The summed E-state index contributed by atoms with van der Waals surface area (Å²) in [6.45, 7) is 7.72. The number of benzene rings is 1. The van der Waals surface area contributed by atoms with Crippen molar-refractivity contribution >= 4 is 23.5 Å². The number of hydrogen-bond donors (Lipinski definition) is 1. The van der Waals surface area contributed by atoms with E-state index in [9.17, 15) is 4.79 Å². The summed E-state index contributed by atoms with van der Waals surface area (Å²) in [5, 5.41) is 3.03. The molecule has 1 aromatic heterocycles. The average Bonchev–Trinajstić information content (AvgIpc) is 2.85. The Kier molecular flexibility index (Phi) is 6.14. The lowest BCUT2D eigenvalue weighted by atomic mass is 9.98. The third kappa shape index (κ3) is 4.52. The van der Waals surface area contributed by atoms with Crippen LogP contribution in [0.15, 0.2) is 30.3 Å². The van der Waals surface area contributed by atoms with Crippen molar-refractivity contribution in [2.45, 2.75) is 52.0 Å². The molecule has 0 bridgehead atoms. The molecule has 0 saturated carbocycles. The number of carbonyl (C=O) groups excluding carboxylic acids is 1. The van der Waals surface area contributed by atoms with Crippen LogP contribution < -0.4 is 15.1 Å². The number of amides is 2. The Morgan fingerprint density at radius 3 is 2.44 bits per heavy atom. The SMILES string of the molecule is CC1CCN(c2nc(N3CCCCC3)nc3c2CN(C(=O)Nc2ccccc2)CC3)CC1. The van der Waals surface area contributed by atoms with Crippen molar-refractivity contribution in [3.05, 3.63) is 41.6 Å². The summed E-state index contributed by atoms with van der Waals surface area (Å²) in [6.07, 6.45) is 6.88. The zero-order valence-electron chi connectivity index (χ0n) is 19.1. The Bertz CT molecular complexity index is 935. The van der Waals surface area contributed by atoms with Gasteiger partial charge in [-0.3, -0.25) is 0 Å². The van der Waals surface area contributed by atoms with Crippen LogP contribution >= 0.6 is 0 Å². The molecule has 2 aromatic rings.